The number of likely N-dealkylation sites (N-methyl/N-ethyl adjacent to an activating group) is 1. The molecule has 3 amide bonds. The first-order chi connectivity index (χ1) is 17.7. The quantitative estimate of drug-likeness (QED) is 0.280. The van der Waals surface area contributed by atoms with Crippen molar-refractivity contribution in [3.8, 4) is 5.75 Å². The standard InChI is InChI=1S/C26H32F3N5O4/c1-7-14(4)18(9-17(13(2)3)24(37)30-6)25(38)33-15(5)20-8-16(11-31-20)23(36)34-22-10-19(26(27,28)29)21(35)12-32-22/h9-12,14-15,35H,7-8H2,1-6H3,(H,30,37)(H,33,38)(H,32,34,36)/b18-9+. The Morgan fingerprint density at radius 3 is 2.39 bits per heavy atom. The first-order valence-electron chi connectivity index (χ1n) is 11.9. The smallest absolute Gasteiger partial charge is 0.420 e. The number of aromatic nitrogens is 1. The van der Waals surface area contributed by atoms with E-state index in [9.17, 15) is 32.7 Å². The number of carbonyl (C=O) groups excluding carboxylic acids is 3. The average molecular weight is 536 g/mol. The van der Waals surface area contributed by atoms with Gasteiger partial charge in [0, 0.05) is 42.1 Å². The lowest BCUT2D eigenvalue weighted by molar-refractivity contribution is -0.138. The molecule has 1 aromatic rings. The van der Waals surface area contributed by atoms with Crippen molar-refractivity contribution in [2.24, 2.45) is 10.9 Å². The first-order valence-corrected chi connectivity index (χ1v) is 11.9. The monoisotopic (exact) mass is 535 g/mol. The molecule has 1 aliphatic rings. The van der Waals surface area contributed by atoms with E-state index in [0.717, 1.165) is 5.57 Å². The lowest BCUT2D eigenvalue weighted by atomic mass is 9.93. The van der Waals surface area contributed by atoms with Crippen LogP contribution in [0.3, 0.4) is 0 Å². The minimum absolute atomic E-state index is 0.0529. The number of amides is 3. The maximum atomic E-state index is 13.2. The molecule has 2 unspecified atom stereocenters. The number of pyridine rings is 1. The van der Waals surface area contributed by atoms with E-state index in [1.54, 1.807) is 26.8 Å². The van der Waals surface area contributed by atoms with E-state index in [0.29, 0.717) is 35.5 Å². The zero-order valence-electron chi connectivity index (χ0n) is 22.1. The number of allylic oxidation sites excluding steroid dienone is 1. The Morgan fingerprint density at radius 2 is 1.84 bits per heavy atom. The lowest BCUT2D eigenvalue weighted by Crippen LogP contribution is -2.40. The van der Waals surface area contributed by atoms with E-state index in [2.05, 4.69) is 25.9 Å². The number of carbonyl (C=O) groups is 3. The fourth-order valence-corrected chi connectivity index (χ4v) is 3.53. The van der Waals surface area contributed by atoms with Gasteiger partial charge in [-0.15, -0.1) is 0 Å². The van der Waals surface area contributed by atoms with Crippen LogP contribution in [0.4, 0.5) is 19.0 Å². The highest BCUT2D eigenvalue weighted by atomic mass is 19.4. The molecule has 0 fully saturated rings. The molecular weight excluding hydrogens is 503 g/mol. The zero-order valence-corrected chi connectivity index (χ0v) is 22.1. The number of hydrogen-bond donors (Lipinski definition) is 4. The van der Waals surface area contributed by atoms with E-state index < -0.39 is 29.4 Å². The van der Waals surface area contributed by atoms with Gasteiger partial charge in [0.05, 0.1) is 12.2 Å². The number of hydrogen-bond acceptors (Lipinski definition) is 6. The molecule has 12 heteroatoms. The maximum absolute atomic E-state index is 13.2. The molecule has 206 valence electrons. The highest BCUT2D eigenvalue weighted by Gasteiger charge is 2.35. The molecule has 0 radical (unpaired) electrons. The Labute approximate surface area is 219 Å². The molecule has 9 nitrogen and oxygen atoms in total. The molecule has 2 rings (SSSR count). The number of nitrogens with zero attached hydrogens (tertiary/aromatic N) is 2. The van der Waals surface area contributed by atoms with E-state index in [-0.39, 0.29) is 35.5 Å². The predicted molar refractivity (Wildman–Crippen MR) is 137 cm³/mol. The Kier molecular flexibility index (Phi) is 9.97. The summed E-state index contributed by atoms with van der Waals surface area (Å²) in [5.41, 5.74) is 0.860. The molecule has 38 heavy (non-hydrogen) atoms. The molecule has 1 aliphatic heterocycles. The molecular formula is C26H32F3N5O4. The fraction of sp³-hybridized carbons (Fsp3) is 0.423. The summed E-state index contributed by atoms with van der Waals surface area (Å²) < 4.78 is 39.0. The van der Waals surface area contributed by atoms with Gasteiger partial charge in [-0.3, -0.25) is 19.4 Å². The number of aromatic hydroxyl groups is 1. The van der Waals surface area contributed by atoms with Gasteiger partial charge in [-0.1, -0.05) is 19.4 Å². The summed E-state index contributed by atoms with van der Waals surface area (Å²) in [7, 11) is 1.51. The molecule has 0 aliphatic carbocycles. The summed E-state index contributed by atoms with van der Waals surface area (Å²) in [5, 5.41) is 17.1. The van der Waals surface area contributed by atoms with Gasteiger partial charge in [0.25, 0.3) is 11.8 Å². The third-order valence-electron chi connectivity index (χ3n) is 6.04. The summed E-state index contributed by atoms with van der Waals surface area (Å²) >= 11 is 0. The van der Waals surface area contributed by atoms with Gasteiger partial charge in [-0.05, 0) is 45.3 Å². The Hall–Kier alpha value is -3.96. The normalized spacial score (nSPS) is 15.1. The third kappa shape index (κ3) is 7.53. The van der Waals surface area contributed by atoms with Crippen LogP contribution in [0.1, 0.15) is 53.0 Å². The Morgan fingerprint density at radius 1 is 1.18 bits per heavy atom. The van der Waals surface area contributed by atoms with Gasteiger partial charge in [0.2, 0.25) is 5.91 Å². The van der Waals surface area contributed by atoms with E-state index >= 15 is 0 Å². The SMILES string of the molecule is CCC(C)/C(=C\C(C(=O)NC)=C(C)C)C(=O)NC(C)C1=NC=C(C(=O)Nc2cc(C(F)(F)F)c(O)cn2)C1. The van der Waals surface area contributed by atoms with Crippen molar-refractivity contribution in [3.05, 3.63) is 52.4 Å². The van der Waals surface area contributed by atoms with E-state index in [4.69, 9.17) is 0 Å². The van der Waals surface area contributed by atoms with Crippen LogP contribution in [0.25, 0.3) is 0 Å². The number of halogens is 3. The van der Waals surface area contributed by atoms with Crippen molar-refractivity contribution >= 4 is 29.3 Å². The van der Waals surface area contributed by atoms with Crippen molar-refractivity contribution in [2.75, 3.05) is 12.4 Å². The first kappa shape index (κ1) is 30.3. The fourth-order valence-electron chi connectivity index (χ4n) is 3.53. The van der Waals surface area contributed by atoms with Crippen molar-refractivity contribution in [1.29, 1.82) is 0 Å². The molecule has 2 atom stereocenters. The minimum atomic E-state index is -4.82. The number of aliphatic imine (C=N–C) groups is 1. The maximum Gasteiger partial charge on any atom is 0.420 e. The second-order valence-corrected chi connectivity index (χ2v) is 9.09. The lowest BCUT2D eigenvalue weighted by Gasteiger charge is -2.20. The van der Waals surface area contributed by atoms with Crippen molar-refractivity contribution in [3.63, 3.8) is 0 Å². The van der Waals surface area contributed by atoms with Crippen molar-refractivity contribution in [2.45, 2.75) is 59.7 Å². The summed E-state index contributed by atoms with van der Waals surface area (Å²) in [6.45, 7) is 9.05. The zero-order chi connectivity index (χ0) is 28.8. The summed E-state index contributed by atoms with van der Waals surface area (Å²) in [5.74, 6) is -2.99. The molecule has 0 aromatic carbocycles. The second kappa shape index (κ2) is 12.5. The van der Waals surface area contributed by atoms with Gasteiger partial charge in [-0.2, -0.15) is 13.2 Å². The summed E-state index contributed by atoms with van der Waals surface area (Å²) in [6, 6.07) is -0.0365. The van der Waals surface area contributed by atoms with Crippen molar-refractivity contribution in [1.82, 2.24) is 15.6 Å². The Balaban J connectivity index is 2.11. The number of nitrogens with one attached hydrogen (secondary N) is 3. The predicted octanol–water partition coefficient (Wildman–Crippen LogP) is 4.03. The number of rotatable bonds is 9. The third-order valence-corrected chi connectivity index (χ3v) is 6.04. The summed E-state index contributed by atoms with van der Waals surface area (Å²) in [4.78, 5) is 45.9. The van der Waals surface area contributed by atoms with Crippen LogP contribution in [0.5, 0.6) is 5.75 Å². The molecule has 4 N–H and O–H groups in total. The van der Waals surface area contributed by atoms with Crippen LogP contribution in [-0.2, 0) is 20.6 Å². The Bertz CT molecular complexity index is 1230. The molecule has 0 saturated heterocycles. The van der Waals surface area contributed by atoms with E-state index in [1.165, 1.54) is 13.2 Å². The van der Waals surface area contributed by atoms with Gasteiger partial charge < -0.3 is 21.1 Å². The van der Waals surface area contributed by atoms with Crippen molar-refractivity contribution < 1.29 is 32.7 Å². The molecule has 2 heterocycles. The second-order valence-electron chi connectivity index (χ2n) is 9.09. The topological polar surface area (TPSA) is 133 Å². The van der Waals surface area contributed by atoms with Gasteiger partial charge >= 0.3 is 6.18 Å². The highest BCUT2D eigenvalue weighted by molar-refractivity contribution is 6.11. The van der Waals surface area contributed by atoms with Crippen LogP contribution in [0.15, 0.2) is 51.8 Å². The average Bonchev–Trinajstić information content (AvgIpc) is 3.34. The largest absolute Gasteiger partial charge is 0.506 e. The molecule has 1 aromatic heterocycles. The van der Waals surface area contributed by atoms with Crippen LogP contribution in [0.2, 0.25) is 0 Å². The molecule has 0 bridgehead atoms. The van der Waals surface area contributed by atoms with Crippen LogP contribution < -0.4 is 16.0 Å². The van der Waals surface area contributed by atoms with Crippen LogP contribution >= 0.6 is 0 Å². The highest BCUT2D eigenvalue weighted by Crippen LogP contribution is 2.36. The number of alkyl halides is 3. The molecule has 0 spiro atoms. The van der Waals surface area contributed by atoms with Crippen LogP contribution in [-0.4, -0.2) is 46.6 Å². The summed E-state index contributed by atoms with van der Waals surface area (Å²) in [6.07, 6.45) is -0.649. The minimum Gasteiger partial charge on any atom is -0.506 e. The van der Waals surface area contributed by atoms with Crippen LogP contribution in [0, 0.1) is 5.92 Å². The number of anilines is 1. The van der Waals surface area contributed by atoms with Gasteiger partial charge in [0.1, 0.15) is 17.1 Å². The van der Waals surface area contributed by atoms with Gasteiger partial charge in [0.15, 0.2) is 0 Å². The molecule has 0 saturated carbocycles. The van der Waals surface area contributed by atoms with E-state index in [1.807, 2.05) is 13.8 Å². The van der Waals surface area contributed by atoms with Gasteiger partial charge in [-0.25, -0.2) is 4.98 Å².